The molecule has 0 aromatic heterocycles. The van der Waals surface area contributed by atoms with Gasteiger partial charge >= 0.3 is 0 Å². The van der Waals surface area contributed by atoms with Crippen LogP contribution < -0.4 is 0 Å². The van der Waals surface area contributed by atoms with E-state index in [2.05, 4.69) is 45.0 Å². The van der Waals surface area contributed by atoms with Gasteiger partial charge in [-0.15, -0.1) is 0 Å². The number of rotatable bonds is 2. The van der Waals surface area contributed by atoms with E-state index in [1.54, 1.807) is 11.8 Å². The van der Waals surface area contributed by atoms with Crippen LogP contribution in [0.4, 0.5) is 0 Å². The van der Waals surface area contributed by atoms with Gasteiger partial charge in [0.05, 0.1) is 0 Å². The first-order valence-corrected chi connectivity index (χ1v) is 7.94. The molecule has 2 fully saturated rings. The van der Waals surface area contributed by atoms with Crippen molar-refractivity contribution in [1.82, 2.24) is 0 Å². The molecule has 1 aliphatic heterocycles. The molecular weight excluding hydrogens is 256 g/mol. The van der Waals surface area contributed by atoms with Crippen LogP contribution >= 0.6 is 11.8 Å². The fourth-order valence-corrected chi connectivity index (χ4v) is 4.38. The monoisotopic (exact) mass is 278 g/mol. The van der Waals surface area contributed by atoms with Crippen molar-refractivity contribution in [3.05, 3.63) is 30.3 Å². The Hall–Kier alpha value is -0.510. The molecule has 4 atom stereocenters. The molecule has 1 saturated carbocycles. The first-order chi connectivity index (χ1) is 9.02. The van der Waals surface area contributed by atoms with Crippen LogP contribution in [0, 0.1) is 11.8 Å². The topological polar surface area (TPSA) is 18.5 Å². The summed E-state index contributed by atoms with van der Waals surface area (Å²) in [7, 11) is 0. The van der Waals surface area contributed by atoms with Crippen molar-refractivity contribution in [1.29, 1.82) is 0 Å². The van der Waals surface area contributed by atoms with Gasteiger partial charge in [-0.25, -0.2) is 9.78 Å². The standard InChI is InChI=1S/C16H22O2S/c1-12-9-10-13-11-15(12,2)17-18-16(13,3)19-14-7-5-4-6-8-14/h4-8,12-13H,9-11H2,1-3H3/t12-,13-,15-,16-/m1/s1. The third kappa shape index (κ3) is 2.44. The van der Waals surface area contributed by atoms with Crippen LogP contribution in [0.25, 0.3) is 0 Å². The van der Waals surface area contributed by atoms with Gasteiger partial charge in [-0.05, 0) is 51.2 Å². The van der Waals surface area contributed by atoms with Gasteiger partial charge in [-0.3, -0.25) is 0 Å². The van der Waals surface area contributed by atoms with Gasteiger partial charge in [-0.1, -0.05) is 36.9 Å². The largest absolute Gasteiger partial charge is 0.229 e. The summed E-state index contributed by atoms with van der Waals surface area (Å²) in [6, 6.07) is 10.5. The van der Waals surface area contributed by atoms with Crippen molar-refractivity contribution in [3.8, 4) is 0 Å². The second-order valence-electron chi connectivity index (χ2n) is 6.29. The zero-order valence-electron chi connectivity index (χ0n) is 11.9. The van der Waals surface area contributed by atoms with Gasteiger partial charge in [0, 0.05) is 10.8 Å². The van der Waals surface area contributed by atoms with Gasteiger partial charge in [0.2, 0.25) is 0 Å². The molecule has 1 aromatic rings. The quantitative estimate of drug-likeness (QED) is 0.734. The summed E-state index contributed by atoms with van der Waals surface area (Å²) in [6.07, 6.45) is 3.57. The molecule has 0 radical (unpaired) electrons. The Balaban J connectivity index is 1.79. The maximum Gasteiger partial charge on any atom is 0.153 e. The van der Waals surface area contributed by atoms with Crippen LogP contribution in [0.1, 0.15) is 40.0 Å². The number of hydrogen-bond acceptors (Lipinski definition) is 3. The van der Waals surface area contributed by atoms with Crippen molar-refractivity contribution in [3.63, 3.8) is 0 Å². The van der Waals surface area contributed by atoms with E-state index in [1.165, 1.54) is 17.7 Å². The molecule has 1 heterocycles. The minimum Gasteiger partial charge on any atom is -0.229 e. The third-order valence-corrected chi connectivity index (χ3v) is 6.16. The van der Waals surface area contributed by atoms with E-state index in [0.717, 1.165) is 6.42 Å². The van der Waals surface area contributed by atoms with Crippen LogP contribution in [-0.2, 0) is 9.78 Å². The summed E-state index contributed by atoms with van der Waals surface area (Å²) >= 11 is 1.79. The Morgan fingerprint density at radius 3 is 2.58 bits per heavy atom. The predicted molar refractivity (Wildman–Crippen MR) is 77.8 cm³/mol. The minimum absolute atomic E-state index is 0.0975. The fraction of sp³-hybridized carbons (Fsp3) is 0.625. The Morgan fingerprint density at radius 1 is 1.11 bits per heavy atom. The average Bonchev–Trinajstić information content (AvgIpc) is 2.40. The Bertz CT molecular complexity index is 449. The molecular formula is C16H22O2S. The molecule has 2 nitrogen and oxygen atoms in total. The van der Waals surface area contributed by atoms with Crippen molar-refractivity contribution >= 4 is 11.8 Å². The van der Waals surface area contributed by atoms with E-state index >= 15 is 0 Å². The number of hydrogen-bond donors (Lipinski definition) is 0. The minimum atomic E-state index is -0.263. The molecule has 19 heavy (non-hydrogen) atoms. The van der Waals surface area contributed by atoms with Gasteiger partial charge in [0.15, 0.2) is 4.93 Å². The lowest BCUT2D eigenvalue weighted by atomic mass is 9.70. The lowest BCUT2D eigenvalue weighted by molar-refractivity contribution is -0.441. The molecule has 3 rings (SSSR count). The first kappa shape index (κ1) is 13.5. The highest BCUT2D eigenvalue weighted by Crippen LogP contribution is 2.54. The zero-order chi connectivity index (χ0) is 13.5. The van der Waals surface area contributed by atoms with Crippen LogP contribution in [0.2, 0.25) is 0 Å². The number of fused-ring (bicyclic) bond motifs is 2. The van der Waals surface area contributed by atoms with E-state index in [9.17, 15) is 0 Å². The molecule has 1 saturated heterocycles. The van der Waals surface area contributed by atoms with Crippen LogP contribution in [0.5, 0.6) is 0 Å². The van der Waals surface area contributed by atoms with Crippen molar-refractivity contribution in [2.75, 3.05) is 0 Å². The third-order valence-electron chi connectivity index (χ3n) is 4.85. The van der Waals surface area contributed by atoms with Gasteiger partial charge in [0.25, 0.3) is 0 Å². The van der Waals surface area contributed by atoms with Gasteiger partial charge in [-0.2, -0.15) is 0 Å². The molecule has 0 unspecified atom stereocenters. The highest BCUT2D eigenvalue weighted by molar-refractivity contribution is 8.00. The molecule has 1 aromatic carbocycles. The van der Waals surface area contributed by atoms with E-state index in [-0.39, 0.29) is 10.5 Å². The molecule has 0 amide bonds. The summed E-state index contributed by atoms with van der Waals surface area (Å²) in [5.74, 6) is 1.14. The molecule has 1 aliphatic carbocycles. The summed E-state index contributed by atoms with van der Waals surface area (Å²) < 4.78 is 0. The van der Waals surface area contributed by atoms with Gasteiger partial charge in [0.1, 0.15) is 5.60 Å². The van der Waals surface area contributed by atoms with Crippen LogP contribution in [0.3, 0.4) is 0 Å². The van der Waals surface area contributed by atoms with E-state index < -0.39 is 0 Å². The highest BCUT2D eigenvalue weighted by atomic mass is 32.2. The summed E-state index contributed by atoms with van der Waals surface area (Å²) in [4.78, 5) is 12.7. The highest BCUT2D eigenvalue weighted by Gasteiger charge is 2.53. The van der Waals surface area contributed by atoms with Crippen molar-refractivity contribution in [2.24, 2.45) is 11.8 Å². The lowest BCUT2D eigenvalue weighted by Gasteiger charge is -2.52. The van der Waals surface area contributed by atoms with E-state index in [4.69, 9.17) is 9.78 Å². The Labute approximate surface area is 119 Å². The summed E-state index contributed by atoms with van der Waals surface area (Å²) in [5, 5.41) is 0. The maximum absolute atomic E-state index is 5.87. The smallest absolute Gasteiger partial charge is 0.153 e. The Morgan fingerprint density at radius 2 is 1.84 bits per heavy atom. The summed E-state index contributed by atoms with van der Waals surface area (Å²) in [5.41, 5.74) is -0.0975. The molecule has 2 bridgehead atoms. The molecule has 104 valence electrons. The normalized spacial score (nSPS) is 42.1. The van der Waals surface area contributed by atoms with Crippen LogP contribution in [0.15, 0.2) is 35.2 Å². The number of benzene rings is 1. The van der Waals surface area contributed by atoms with Crippen LogP contribution in [-0.4, -0.2) is 10.5 Å². The Kier molecular flexibility index (Phi) is 3.40. The second-order valence-corrected chi connectivity index (χ2v) is 7.78. The molecule has 2 aliphatic rings. The fourth-order valence-electron chi connectivity index (χ4n) is 3.18. The van der Waals surface area contributed by atoms with E-state index in [0.29, 0.717) is 11.8 Å². The lowest BCUT2D eigenvalue weighted by Crippen LogP contribution is -2.54. The maximum atomic E-state index is 5.87. The average molecular weight is 278 g/mol. The van der Waals surface area contributed by atoms with Gasteiger partial charge < -0.3 is 0 Å². The van der Waals surface area contributed by atoms with E-state index in [1.807, 2.05) is 6.07 Å². The SMILES string of the molecule is C[C@@H]1CC[C@@H]2C[C@@]1(C)OO[C@]2(C)Sc1ccccc1. The molecule has 0 N–H and O–H groups in total. The number of thioether (sulfide) groups is 1. The van der Waals surface area contributed by atoms with Crippen molar-refractivity contribution in [2.45, 2.75) is 55.5 Å². The molecule has 3 heteroatoms. The summed E-state index contributed by atoms with van der Waals surface area (Å²) in [6.45, 7) is 6.63. The van der Waals surface area contributed by atoms with Crippen molar-refractivity contribution < 1.29 is 9.78 Å². The molecule has 0 spiro atoms. The first-order valence-electron chi connectivity index (χ1n) is 7.13. The predicted octanol–water partition coefficient (Wildman–Crippen LogP) is 4.65. The second kappa shape index (κ2) is 4.80. The zero-order valence-corrected chi connectivity index (χ0v) is 12.7.